The number of ketones is 1. The maximum atomic E-state index is 12.5. The van der Waals surface area contributed by atoms with Gasteiger partial charge >= 0.3 is 0 Å². The molecule has 0 bridgehead atoms. The highest BCUT2D eigenvalue weighted by Gasteiger charge is 2.52. The molecule has 170 valence electrons. The van der Waals surface area contributed by atoms with Gasteiger partial charge in [-0.1, -0.05) is 61.3 Å². The van der Waals surface area contributed by atoms with Crippen LogP contribution in [0.5, 0.6) is 0 Å². The maximum Gasteiger partial charge on any atom is 0.192 e. The largest absolute Gasteiger partial charge is 0.411 e. The Morgan fingerprint density at radius 1 is 1.17 bits per heavy atom. The minimum atomic E-state index is -1.77. The van der Waals surface area contributed by atoms with E-state index in [4.69, 9.17) is 4.43 Å². The molecular formula is C26H50O2Si. The van der Waals surface area contributed by atoms with Gasteiger partial charge < -0.3 is 4.43 Å². The van der Waals surface area contributed by atoms with E-state index in [1.807, 2.05) is 0 Å². The van der Waals surface area contributed by atoms with Crippen LogP contribution < -0.4 is 0 Å². The van der Waals surface area contributed by atoms with E-state index in [1.165, 1.54) is 32.1 Å². The molecule has 0 saturated heterocycles. The number of hydrogen-bond acceptors (Lipinski definition) is 2. The Labute approximate surface area is 183 Å². The van der Waals surface area contributed by atoms with Gasteiger partial charge in [0.15, 0.2) is 8.32 Å². The summed E-state index contributed by atoms with van der Waals surface area (Å²) < 4.78 is 7.01. The third-order valence-electron chi connectivity index (χ3n) is 9.48. The first-order valence-corrected chi connectivity index (χ1v) is 15.5. The highest BCUT2D eigenvalue weighted by molar-refractivity contribution is 6.74. The SMILES string of the molecule is CCC(CC)(CCC[C@H](C)[C@H]1CC[C@H]2C(=O)CCC[C@]12C)O[Si](C)(C)C(C)(C)C. The summed E-state index contributed by atoms with van der Waals surface area (Å²) >= 11 is 0. The molecule has 0 spiro atoms. The lowest BCUT2D eigenvalue weighted by Gasteiger charge is -2.46. The molecule has 2 nitrogen and oxygen atoms in total. The van der Waals surface area contributed by atoms with Crippen LogP contribution in [-0.4, -0.2) is 19.7 Å². The smallest absolute Gasteiger partial charge is 0.192 e. The maximum absolute atomic E-state index is 12.5. The summed E-state index contributed by atoms with van der Waals surface area (Å²) in [5.74, 6) is 2.37. The van der Waals surface area contributed by atoms with Crippen molar-refractivity contribution in [3.8, 4) is 0 Å². The monoisotopic (exact) mass is 422 g/mol. The van der Waals surface area contributed by atoms with Gasteiger partial charge in [0.05, 0.1) is 5.60 Å². The van der Waals surface area contributed by atoms with Crippen LogP contribution >= 0.6 is 0 Å². The molecule has 2 aliphatic rings. The number of rotatable bonds is 9. The third kappa shape index (κ3) is 5.19. The summed E-state index contributed by atoms with van der Waals surface area (Å²) in [4.78, 5) is 12.5. The summed E-state index contributed by atoms with van der Waals surface area (Å²) in [5.41, 5.74) is 0.324. The summed E-state index contributed by atoms with van der Waals surface area (Å²) in [7, 11) is -1.77. The molecule has 4 atom stereocenters. The van der Waals surface area contributed by atoms with E-state index in [-0.39, 0.29) is 16.1 Å². The third-order valence-corrected chi connectivity index (χ3v) is 14.0. The van der Waals surface area contributed by atoms with E-state index in [9.17, 15) is 4.79 Å². The molecule has 0 unspecified atom stereocenters. The van der Waals surface area contributed by atoms with Gasteiger partial charge in [-0.15, -0.1) is 0 Å². The van der Waals surface area contributed by atoms with Crippen molar-refractivity contribution in [1.82, 2.24) is 0 Å². The zero-order valence-corrected chi connectivity index (χ0v) is 22.1. The zero-order valence-electron chi connectivity index (χ0n) is 21.1. The van der Waals surface area contributed by atoms with Crippen molar-refractivity contribution in [1.29, 1.82) is 0 Å². The fraction of sp³-hybridized carbons (Fsp3) is 0.962. The summed E-state index contributed by atoms with van der Waals surface area (Å²) in [6.45, 7) is 21.4. The van der Waals surface area contributed by atoms with Gasteiger partial charge in [-0.3, -0.25) is 4.79 Å². The molecule has 0 aromatic rings. The van der Waals surface area contributed by atoms with Gasteiger partial charge in [-0.05, 0) is 80.3 Å². The first-order valence-electron chi connectivity index (χ1n) is 12.5. The van der Waals surface area contributed by atoms with Crippen molar-refractivity contribution >= 4 is 14.1 Å². The molecule has 2 fully saturated rings. The molecule has 0 aromatic carbocycles. The van der Waals surface area contributed by atoms with Crippen molar-refractivity contribution < 1.29 is 9.22 Å². The fourth-order valence-corrected chi connectivity index (χ4v) is 8.12. The van der Waals surface area contributed by atoms with E-state index < -0.39 is 8.32 Å². The number of Topliss-reactive ketones (excluding diaryl/α,β-unsaturated/α-hetero) is 1. The van der Waals surface area contributed by atoms with Crippen molar-refractivity contribution in [2.75, 3.05) is 0 Å². The Kier molecular flexibility index (Phi) is 7.92. The highest BCUT2D eigenvalue weighted by Crippen LogP contribution is 2.57. The van der Waals surface area contributed by atoms with Crippen LogP contribution in [0.3, 0.4) is 0 Å². The second kappa shape index (κ2) is 9.15. The van der Waals surface area contributed by atoms with Gasteiger partial charge in [0.1, 0.15) is 5.78 Å². The van der Waals surface area contributed by atoms with Gasteiger partial charge in [-0.2, -0.15) is 0 Å². The van der Waals surface area contributed by atoms with Gasteiger partial charge in [-0.25, -0.2) is 0 Å². The van der Waals surface area contributed by atoms with Crippen LogP contribution in [0.15, 0.2) is 0 Å². The number of carbonyl (C=O) groups excluding carboxylic acids is 1. The first kappa shape index (κ1) is 25.1. The van der Waals surface area contributed by atoms with Crippen molar-refractivity contribution in [3.05, 3.63) is 0 Å². The normalized spacial score (nSPS) is 29.8. The lowest BCUT2D eigenvalue weighted by atomic mass is 9.62. The summed E-state index contributed by atoms with van der Waals surface area (Å²) in [5, 5.41) is 0.261. The standard InChI is InChI=1S/C26H50O2Si/c1-10-26(11-2,28-29(8,9)24(4,5)6)19-12-14-20(3)21-16-17-22-23(27)15-13-18-25(21,22)7/h20-22H,10-19H2,1-9H3/t20-,21+,22-,25+/m0/s1. The van der Waals surface area contributed by atoms with E-state index in [1.54, 1.807) is 0 Å². The second-order valence-corrected chi connectivity index (χ2v) is 16.9. The van der Waals surface area contributed by atoms with Gasteiger partial charge in [0.2, 0.25) is 0 Å². The molecule has 0 aliphatic heterocycles. The zero-order chi connectivity index (χ0) is 22.1. The van der Waals surface area contributed by atoms with Gasteiger partial charge in [0, 0.05) is 12.3 Å². The minimum Gasteiger partial charge on any atom is -0.411 e. The Balaban J connectivity index is 1.98. The second-order valence-electron chi connectivity index (χ2n) is 12.2. The quantitative estimate of drug-likeness (QED) is 0.350. The van der Waals surface area contributed by atoms with E-state index in [0.717, 1.165) is 43.9 Å². The van der Waals surface area contributed by atoms with E-state index in [0.29, 0.717) is 11.7 Å². The predicted molar refractivity (Wildman–Crippen MR) is 128 cm³/mol. The predicted octanol–water partition coefficient (Wildman–Crippen LogP) is 8.16. The molecule has 2 aliphatic carbocycles. The minimum absolute atomic E-state index is 0.0473. The Morgan fingerprint density at radius 3 is 2.34 bits per heavy atom. The van der Waals surface area contributed by atoms with E-state index >= 15 is 0 Å². The molecular weight excluding hydrogens is 372 g/mol. The number of fused-ring (bicyclic) bond motifs is 1. The Morgan fingerprint density at radius 2 is 1.79 bits per heavy atom. The van der Waals surface area contributed by atoms with Crippen molar-refractivity contribution in [2.24, 2.45) is 23.2 Å². The molecule has 0 N–H and O–H groups in total. The topological polar surface area (TPSA) is 26.3 Å². The van der Waals surface area contributed by atoms with Crippen molar-refractivity contribution in [3.63, 3.8) is 0 Å². The number of hydrogen-bond donors (Lipinski definition) is 0. The van der Waals surface area contributed by atoms with Crippen LogP contribution in [0.2, 0.25) is 18.1 Å². The molecule has 2 saturated carbocycles. The molecule has 0 radical (unpaired) electrons. The average Bonchev–Trinajstić information content (AvgIpc) is 2.98. The average molecular weight is 423 g/mol. The van der Waals surface area contributed by atoms with Crippen molar-refractivity contribution in [2.45, 2.75) is 136 Å². The lowest BCUT2D eigenvalue weighted by Crippen LogP contribution is -2.49. The van der Waals surface area contributed by atoms with Crippen LogP contribution in [-0.2, 0) is 9.22 Å². The fourth-order valence-electron chi connectivity index (χ4n) is 6.35. The van der Waals surface area contributed by atoms with Crippen LogP contribution in [0.25, 0.3) is 0 Å². The number of carbonyl (C=O) groups is 1. The summed E-state index contributed by atoms with van der Waals surface area (Å²) in [6.07, 6.45) is 11.6. The van der Waals surface area contributed by atoms with E-state index in [2.05, 4.69) is 61.6 Å². The first-order chi connectivity index (χ1) is 13.3. The summed E-state index contributed by atoms with van der Waals surface area (Å²) in [6, 6.07) is 0. The Hall–Kier alpha value is -0.153. The highest BCUT2D eigenvalue weighted by atomic mass is 28.4. The molecule has 0 heterocycles. The van der Waals surface area contributed by atoms with Crippen LogP contribution in [0.1, 0.15) is 113 Å². The van der Waals surface area contributed by atoms with Crippen LogP contribution in [0, 0.1) is 23.2 Å². The van der Waals surface area contributed by atoms with Gasteiger partial charge in [0.25, 0.3) is 0 Å². The molecule has 2 rings (SSSR count). The molecule has 3 heteroatoms. The molecule has 29 heavy (non-hydrogen) atoms. The Bertz CT molecular complexity index is 558. The molecule has 0 amide bonds. The molecule has 0 aromatic heterocycles. The lowest BCUT2D eigenvalue weighted by molar-refractivity contribution is -0.130. The van der Waals surface area contributed by atoms with Crippen LogP contribution in [0.4, 0.5) is 0 Å².